The number of carbonyl (C=O) groups excluding carboxylic acids is 1. The fourth-order valence-corrected chi connectivity index (χ4v) is 2.49. The molecule has 0 saturated carbocycles. The maximum atomic E-state index is 12.0. The van der Waals surface area contributed by atoms with E-state index < -0.39 is 0 Å². The molecule has 1 amide bonds. The SMILES string of the molecule is Cc1cc(CNC(=O)C2CCC(C)(C)O2)cc(C)n1. The summed E-state index contributed by atoms with van der Waals surface area (Å²) in [6, 6.07) is 3.99. The highest BCUT2D eigenvalue weighted by Crippen LogP contribution is 2.29. The van der Waals surface area contributed by atoms with E-state index in [1.807, 2.05) is 39.8 Å². The number of hydrogen-bond acceptors (Lipinski definition) is 3. The fourth-order valence-electron chi connectivity index (χ4n) is 2.49. The van der Waals surface area contributed by atoms with Crippen molar-refractivity contribution < 1.29 is 9.53 Å². The molecule has 1 aromatic rings. The van der Waals surface area contributed by atoms with Gasteiger partial charge < -0.3 is 10.1 Å². The molecule has 4 nitrogen and oxygen atoms in total. The normalized spacial score (nSPS) is 21.4. The quantitative estimate of drug-likeness (QED) is 0.909. The molecule has 0 aromatic carbocycles. The Bertz CT molecular complexity index is 463. The lowest BCUT2D eigenvalue weighted by molar-refractivity contribution is -0.135. The fraction of sp³-hybridized carbons (Fsp3) is 0.600. The first-order valence-electron chi connectivity index (χ1n) is 6.75. The highest BCUT2D eigenvalue weighted by atomic mass is 16.5. The average molecular weight is 262 g/mol. The molecule has 1 aliphatic heterocycles. The van der Waals surface area contributed by atoms with Crippen LogP contribution in [0.15, 0.2) is 12.1 Å². The van der Waals surface area contributed by atoms with Gasteiger partial charge in [0.1, 0.15) is 6.10 Å². The van der Waals surface area contributed by atoms with Crippen molar-refractivity contribution in [3.63, 3.8) is 0 Å². The zero-order valence-electron chi connectivity index (χ0n) is 12.1. The molecule has 19 heavy (non-hydrogen) atoms. The summed E-state index contributed by atoms with van der Waals surface area (Å²) in [5.41, 5.74) is 2.85. The number of pyridine rings is 1. The lowest BCUT2D eigenvalue weighted by atomic mass is 10.1. The van der Waals surface area contributed by atoms with Gasteiger partial charge in [0.25, 0.3) is 0 Å². The second-order valence-electron chi connectivity index (χ2n) is 5.88. The van der Waals surface area contributed by atoms with Crippen LogP contribution in [0.3, 0.4) is 0 Å². The first-order chi connectivity index (χ1) is 8.85. The Morgan fingerprint density at radius 2 is 2.05 bits per heavy atom. The van der Waals surface area contributed by atoms with Gasteiger partial charge in [0.15, 0.2) is 0 Å². The smallest absolute Gasteiger partial charge is 0.249 e. The van der Waals surface area contributed by atoms with Gasteiger partial charge in [-0.05, 0) is 58.2 Å². The minimum Gasteiger partial charge on any atom is -0.363 e. The number of carbonyl (C=O) groups is 1. The zero-order chi connectivity index (χ0) is 14.0. The Labute approximate surface area is 114 Å². The monoisotopic (exact) mass is 262 g/mol. The van der Waals surface area contributed by atoms with Gasteiger partial charge in [-0.3, -0.25) is 9.78 Å². The number of amides is 1. The lowest BCUT2D eigenvalue weighted by Gasteiger charge is -2.18. The van der Waals surface area contributed by atoms with E-state index in [-0.39, 0.29) is 17.6 Å². The number of rotatable bonds is 3. The average Bonchev–Trinajstić information content (AvgIpc) is 2.65. The number of nitrogens with one attached hydrogen (secondary N) is 1. The summed E-state index contributed by atoms with van der Waals surface area (Å²) < 4.78 is 5.72. The van der Waals surface area contributed by atoms with Gasteiger partial charge in [-0.15, -0.1) is 0 Å². The predicted octanol–water partition coefficient (Wildman–Crippen LogP) is 2.27. The molecule has 0 aliphatic carbocycles. The summed E-state index contributed by atoms with van der Waals surface area (Å²) in [4.78, 5) is 16.3. The van der Waals surface area contributed by atoms with E-state index >= 15 is 0 Å². The van der Waals surface area contributed by atoms with E-state index in [4.69, 9.17) is 4.74 Å². The summed E-state index contributed by atoms with van der Waals surface area (Å²) in [6.07, 6.45) is 1.42. The molecule has 1 aromatic heterocycles. The standard InChI is InChI=1S/C15H22N2O2/c1-10-7-12(8-11(2)17-10)9-16-14(18)13-5-6-15(3,4)19-13/h7-8,13H,5-6,9H2,1-4H3,(H,16,18). The summed E-state index contributed by atoms with van der Waals surface area (Å²) in [5, 5.41) is 2.94. The van der Waals surface area contributed by atoms with Crippen LogP contribution in [0.25, 0.3) is 0 Å². The summed E-state index contributed by atoms with van der Waals surface area (Å²) in [5.74, 6) is -0.0160. The van der Waals surface area contributed by atoms with Crippen LogP contribution in [-0.2, 0) is 16.1 Å². The Morgan fingerprint density at radius 1 is 1.42 bits per heavy atom. The van der Waals surface area contributed by atoms with E-state index in [1.165, 1.54) is 0 Å². The van der Waals surface area contributed by atoms with Crippen LogP contribution in [0.1, 0.15) is 43.6 Å². The van der Waals surface area contributed by atoms with Crippen molar-refractivity contribution >= 4 is 5.91 Å². The summed E-state index contributed by atoms with van der Waals surface area (Å²) >= 11 is 0. The molecule has 0 spiro atoms. The molecular formula is C15H22N2O2. The van der Waals surface area contributed by atoms with Gasteiger partial charge in [-0.2, -0.15) is 0 Å². The van der Waals surface area contributed by atoms with Gasteiger partial charge in [0.05, 0.1) is 5.60 Å². The first-order valence-corrected chi connectivity index (χ1v) is 6.75. The third-order valence-electron chi connectivity index (χ3n) is 3.37. The maximum absolute atomic E-state index is 12.0. The van der Waals surface area contributed by atoms with Gasteiger partial charge in [0, 0.05) is 17.9 Å². The number of aromatic nitrogens is 1. The number of ether oxygens (including phenoxy) is 1. The molecule has 1 atom stereocenters. The molecule has 1 saturated heterocycles. The van der Waals surface area contributed by atoms with Crippen molar-refractivity contribution in [2.75, 3.05) is 0 Å². The molecule has 1 fully saturated rings. The first kappa shape index (κ1) is 14.0. The minimum absolute atomic E-state index is 0.0160. The molecule has 1 N–H and O–H groups in total. The van der Waals surface area contributed by atoms with Crippen molar-refractivity contribution in [2.45, 2.75) is 58.8 Å². The molecule has 104 valence electrons. The zero-order valence-corrected chi connectivity index (χ0v) is 12.1. The molecule has 2 rings (SSSR count). The Balaban J connectivity index is 1.90. The van der Waals surface area contributed by atoms with Crippen LogP contribution < -0.4 is 5.32 Å². The minimum atomic E-state index is -0.306. The third kappa shape index (κ3) is 3.77. The molecule has 0 radical (unpaired) electrons. The molecular weight excluding hydrogens is 240 g/mol. The summed E-state index contributed by atoms with van der Waals surface area (Å²) in [7, 11) is 0. The number of nitrogens with zero attached hydrogens (tertiary/aromatic N) is 1. The van der Waals surface area contributed by atoms with Crippen molar-refractivity contribution in [3.8, 4) is 0 Å². The molecule has 0 bridgehead atoms. The second-order valence-corrected chi connectivity index (χ2v) is 5.88. The van der Waals surface area contributed by atoms with Gasteiger partial charge >= 0.3 is 0 Å². The highest BCUT2D eigenvalue weighted by Gasteiger charge is 2.35. The molecule has 4 heteroatoms. The Kier molecular flexibility index (Phi) is 3.90. The lowest BCUT2D eigenvalue weighted by Crippen LogP contribution is -2.35. The van der Waals surface area contributed by atoms with Crippen LogP contribution in [0, 0.1) is 13.8 Å². The highest BCUT2D eigenvalue weighted by molar-refractivity contribution is 5.81. The van der Waals surface area contributed by atoms with Crippen molar-refractivity contribution in [2.24, 2.45) is 0 Å². The predicted molar refractivity (Wildman–Crippen MR) is 73.7 cm³/mol. The van der Waals surface area contributed by atoms with Crippen molar-refractivity contribution in [1.82, 2.24) is 10.3 Å². The van der Waals surface area contributed by atoms with E-state index in [0.29, 0.717) is 6.54 Å². The van der Waals surface area contributed by atoms with E-state index in [2.05, 4.69) is 10.3 Å². The largest absolute Gasteiger partial charge is 0.363 e. The van der Waals surface area contributed by atoms with Crippen molar-refractivity contribution in [3.05, 3.63) is 29.1 Å². The van der Waals surface area contributed by atoms with Crippen LogP contribution in [0.4, 0.5) is 0 Å². The van der Waals surface area contributed by atoms with E-state index in [9.17, 15) is 4.79 Å². The van der Waals surface area contributed by atoms with Gasteiger partial charge in [-0.1, -0.05) is 0 Å². The van der Waals surface area contributed by atoms with Crippen LogP contribution in [-0.4, -0.2) is 22.6 Å². The van der Waals surface area contributed by atoms with E-state index in [0.717, 1.165) is 29.8 Å². The molecule has 1 aliphatic rings. The topological polar surface area (TPSA) is 51.2 Å². The van der Waals surface area contributed by atoms with Gasteiger partial charge in [-0.25, -0.2) is 0 Å². The second kappa shape index (κ2) is 5.29. The summed E-state index contributed by atoms with van der Waals surface area (Å²) in [6.45, 7) is 8.50. The van der Waals surface area contributed by atoms with E-state index in [1.54, 1.807) is 0 Å². The third-order valence-corrected chi connectivity index (χ3v) is 3.37. The maximum Gasteiger partial charge on any atom is 0.249 e. The van der Waals surface area contributed by atoms with Crippen molar-refractivity contribution in [1.29, 1.82) is 0 Å². The van der Waals surface area contributed by atoms with Gasteiger partial charge in [0.2, 0.25) is 5.91 Å². The molecule has 2 heterocycles. The Hall–Kier alpha value is -1.42. The Morgan fingerprint density at radius 3 is 2.58 bits per heavy atom. The molecule has 1 unspecified atom stereocenters. The van der Waals surface area contributed by atoms with Crippen LogP contribution in [0.2, 0.25) is 0 Å². The van der Waals surface area contributed by atoms with Crippen LogP contribution in [0.5, 0.6) is 0 Å². The number of hydrogen-bond donors (Lipinski definition) is 1. The van der Waals surface area contributed by atoms with Crippen LogP contribution >= 0.6 is 0 Å². The number of aryl methyl sites for hydroxylation is 2.